The molecule has 1 atom stereocenters. The van der Waals surface area contributed by atoms with Crippen molar-refractivity contribution in [2.75, 3.05) is 19.6 Å². The van der Waals surface area contributed by atoms with Gasteiger partial charge in [-0.2, -0.15) is 0 Å². The van der Waals surface area contributed by atoms with Crippen LogP contribution < -0.4 is 5.32 Å². The van der Waals surface area contributed by atoms with E-state index in [1.165, 1.54) is 57.8 Å². The van der Waals surface area contributed by atoms with Crippen LogP contribution in [0, 0.1) is 0 Å². The van der Waals surface area contributed by atoms with Gasteiger partial charge in [-0.3, -0.25) is 14.5 Å². The third-order valence-electron chi connectivity index (χ3n) is 5.29. The van der Waals surface area contributed by atoms with Crippen molar-refractivity contribution in [3.63, 3.8) is 0 Å². The Morgan fingerprint density at radius 1 is 0.815 bits per heavy atom. The molecular weight excluding hydrogens is 340 g/mol. The topological polar surface area (TPSA) is 69.6 Å². The minimum absolute atomic E-state index is 0.0506. The van der Waals surface area contributed by atoms with Crippen molar-refractivity contribution in [1.82, 2.24) is 10.2 Å². The van der Waals surface area contributed by atoms with Crippen LogP contribution in [0.25, 0.3) is 0 Å². The van der Waals surface area contributed by atoms with E-state index in [4.69, 9.17) is 0 Å². The first-order valence-corrected chi connectivity index (χ1v) is 11.3. The molecule has 0 aromatic rings. The quantitative estimate of drug-likeness (QED) is 0.308. The van der Waals surface area contributed by atoms with Gasteiger partial charge >= 0.3 is 5.97 Å². The number of rotatable bonds is 19. The number of likely N-dealkylation sites (N-methyl/N-ethyl adjacent to an activating group) is 1. The molecule has 0 bridgehead atoms. The van der Waals surface area contributed by atoms with E-state index in [0.29, 0.717) is 32.5 Å². The number of nitrogens with one attached hydrogen (secondary N) is 1. The maximum atomic E-state index is 11.9. The van der Waals surface area contributed by atoms with Crippen molar-refractivity contribution >= 4 is 11.9 Å². The zero-order chi connectivity index (χ0) is 20.3. The predicted molar refractivity (Wildman–Crippen MR) is 113 cm³/mol. The molecule has 5 heteroatoms. The number of carbonyl (C=O) groups excluding carboxylic acids is 1. The third kappa shape index (κ3) is 14.6. The molecule has 0 aromatic carbocycles. The standard InChI is InChI=1S/C22H44N2O3/c1-4-7-8-9-10-11-12-13-14-15-16-17-21(25)23-19-18-20(22(26)27)24(5-2)6-3/h20H,4-19H2,1-3H3,(H,23,25)(H,26,27). The molecule has 5 nitrogen and oxygen atoms in total. The van der Waals surface area contributed by atoms with Crippen LogP contribution in [0.4, 0.5) is 0 Å². The monoisotopic (exact) mass is 384 g/mol. The molecule has 0 aliphatic rings. The van der Waals surface area contributed by atoms with Crippen LogP contribution >= 0.6 is 0 Å². The van der Waals surface area contributed by atoms with Gasteiger partial charge in [-0.1, -0.05) is 85.0 Å². The molecule has 0 aliphatic carbocycles. The van der Waals surface area contributed by atoms with Gasteiger partial charge in [0.15, 0.2) is 0 Å². The largest absolute Gasteiger partial charge is 0.480 e. The number of hydrogen-bond acceptors (Lipinski definition) is 3. The second-order valence-corrected chi connectivity index (χ2v) is 7.50. The number of carboxylic acid groups (broad SMARTS) is 1. The Balaban J connectivity index is 3.59. The number of hydrogen-bond donors (Lipinski definition) is 2. The van der Waals surface area contributed by atoms with Gasteiger partial charge in [0.1, 0.15) is 6.04 Å². The Bertz CT molecular complexity index is 371. The summed E-state index contributed by atoms with van der Waals surface area (Å²) in [4.78, 5) is 25.2. The lowest BCUT2D eigenvalue weighted by atomic mass is 10.1. The van der Waals surface area contributed by atoms with E-state index in [1.54, 1.807) is 0 Å². The van der Waals surface area contributed by atoms with Gasteiger partial charge in [0.05, 0.1) is 0 Å². The van der Waals surface area contributed by atoms with Crippen LogP contribution in [0.1, 0.15) is 104 Å². The van der Waals surface area contributed by atoms with E-state index >= 15 is 0 Å². The molecule has 27 heavy (non-hydrogen) atoms. The lowest BCUT2D eigenvalue weighted by molar-refractivity contribution is -0.143. The first-order valence-electron chi connectivity index (χ1n) is 11.3. The number of unbranched alkanes of at least 4 members (excludes halogenated alkanes) is 10. The Morgan fingerprint density at radius 2 is 1.30 bits per heavy atom. The highest BCUT2D eigenvalue weighted by atomic mass is 16.4. The van der Waals surface area contributed by atoms with Gasteiger partial charge in [0.25, 0.3) is 0 Å². The van der Waals surface area contributed by atoms with E-state index in [1.807, 2.05) is 18.7 Å². The highest BCUT2D eigenvalue weighted by molar-refractivity contribution is 5.76. The Labute approximate surface area is 167 Å². The summed E-state index contributed by atoms with van der Waals surface area (Å²) in [6.45, 7) is 8.03. The van der Waals surface area contributed by atoms with Gasteiger partial charge in [-0.25, -0.2) is 0 Å². The summed E-state index contributed by atoms with van der Waals surface area (Å²) < 4.78 is 0. The maximum Gasteiger partial charge on any atom is 0.320 e. The summed E-state index contributed by atoms with van der Waals surface area (Å²) >= 11 is 0. The van der Waals surface area contributed by atoms with Crippen molar-refractivity contribution in [2.24, 2.45) is 0 Å². The average Bonchev–Trinajstić information content (AvgIpc) is 2.65. The number of amides is 1. The van der Waals surface area contributed by atoms with Crippen molar-refractivity contribution < 1.29 is 14.7 Å². The van der Waals surface area contributed by atoms with Gasteiger partial charge in [-0.05, 0) is 25.9 Å². The zero-order valence-corrected chi connectivity index (χ0v) is 18.1. The number of carbonyl (C=O) groups is 2. The van der Waals surface area contributed by atoms with Gasteiger partial charge < -0.3 is 10.4 Å². The van der Waals surface area contributed by atoms with E-state index in [0.717, 1.165) is 12.8 Å². The molecule has 0 aromatic heterocycles. The SMILES string of the molecule is CCCCCCCCCCCCCC(=O)NCCC(C(=O)O)N(CC)CC. The molecule has 0 saturated heterocycles. The fraction of sp³-hybridized carbons (Fsp3) is 0.909. The molecule has 0 fully saturated rings. The summed E-state index contributed by atoms with van der Waals surface area (Å²) in [5.74, 6) is -0.757. The van der Waals surface area contributed by atoms with Gasteiger partial charge in [0.2, 0.25) is 5.91 Å². The smallest absolute Gasteiger partial charge is 0.320 e. The lowest BCUT2D eigenvalue weighted by Crippen LogP contribution is -2.43. The molecule has 0 saturated carbocycles. The lowest BCUT2D eigenvalue weighted by Gasteiger charge is -2.26. The molecule has 0 heterocycles. The van der Waals surface area contributed by atoms with Gasteiger partial charge in [-0.15, -0.1) is 0 Å². The highest BCUT2D eigenvalue weighted by Gasteiger charge is 2.22. The van der Waals surface area contributed by atoms with Crippen LogP contribution in [0.2, 0.25) is 0 Å². The molecule has 0 aliphatic heterocycles. The Kier molecular flexibility index (Phi) is 17.5. The predicted octanol–water partition coefficient (Wildman–Crippen LogP) is 4.99. The summed E-state index contributed by atoms with van der Waals surface area (Å²) in [6.07, 6.45) is 15.0. The minimum atomic E-state index is -0.807. The number of nitrogens with zero attached hydrogens (tertiary/aromatic N) is 1. The van der Waals surface area contributed by atoms with Crippen molar-refractivity contribution in [3.8, 4) is 0 Å². The molecule has 0 radical (unpaired) electrons. The average molecular weight is 385 g/mol. The number of aliphatic carboxylic acids is 1. The summed E-state index contributed by atoms with van der Waals surface area (Å²) in [5, 5.41) is 12.2. The van der Waals surface area contributed by atoms with E-state index in [2.05, 4.69) is 12.2 Å². The Morgan fingerprint density at radius 3 is 1.74 bits per heavy atom. The Hall–Kier alpha value is -1.10. The normalized spacial score (nSPS) is 12.3. The van der Waals surface area contributed by atoms with Crippen LogP contribution in [0.5, 0.6) is 0 Å². The van der Waals surface area contributed by atoms with E-state index < -0.39 is 12.0 Å². The van der Waals surface area contributed by atoms with Crippen molar-refractivity contribution in [1.29, 1.82) is 0 Å². The summed E-state index contributed by atoms with van der Waals surface area (Å²) in [7, 11) is 0. The van der Waals surface area contributed by atoms with E-state index in [9.17, 15) is 14.7 Å². The molecule has 2 N–H and O–H groups in total. The minimum Gasteiger partial charge on any atom is -0.480 e. The van der Waals surface area contributed by atoms with Crippen LogP contribution in [0.15, 0.2) is 0 Å². The molecule has 1 amide bonds. The van der Waals surface area contributed by atoms with Crippen LogP contribution in [-0.2, 0) is 9.59 Å². The van der Waals surface area contributed by atoms with Crippen LogP contribution in [0.3, 0.4) is 0 Å². The summed E-state index contributed by atoms with van der Waals surface area (Å²) in [5.41, 5.74) is 0. The number of carboxylic acids is 1. The van der Waals surface area contributed by atoms with Crippen LogP contribution in [-0.4, -0.2) is 47.6 Å². The maximum absolute atomic E-state index is 11.9. The van der Waals surface area contributed by atoms with E-state index in [-0.39, 0.29) is 5.91 Å². The third-order valence-corrected chi connectivity index (χ3v) is 5.29. The second-order valence-electron chi connectivity index (χ2n) is 7.50. The van der Waals surface area contributed by atoms with Crippen molar-refractivity contribution in [2.45, 2.75) is 110 Å². The zero-order valence-electron chi connectivity index (χ0n) is 18.1. The van der Waals surface area contributed by atoms with Gasteiger partial charge in [0, 0.05) is 13.0 Å². The molecular formula is C22H44N2O3. The first-order chi connectivity index (χ1) is 13.1. The molecule has 1 unspecified atom stereocenters. The highest BCUT2D eigenvalue weighted by Crippen LogP contribution is 2.12. The first kappa shape index (κ1) is 25.9. The fourth-order valence-corrected chi connectivity index (χ4v) is 3.51. The second kappa shape index (κ2) is 18.3. The molecule has 0 spiro atoms. The summed E-state index contributed by atoms with van der Waals surface area (Å²) in [6, 6.07) is -0.512. The molecule has 0 rings (SSSR count). The molecule has 160 valence electrons. The fourth-order valence-electron chi connectivity index (χ4n) is 3.51. The van der Waals surface area contributed by atoms with Crippen molar-refractivity contribution in [3.05, 3.63) is 0 Å².